The Kier molecular flexibility index (Phi) is 9.88. The maximum atomic E-state index is 14.5. The summed E-state index contributed by atoms with van der Waals surface area (Å²) in [5.74, 6) is -1.67. The second-order valence-corrected chi connectivity index (χ2v) is 14.4. The van der Waals surface area contributed by atoms with Gasteiger partial charge >= 0.3 is 0 Å². The van der Waals surface area contributed by atoms with Crippen LogP contribution in [0.3, 0.4) is 0 Å². The van der Waals surface area contributed by atoms with E-state index >= 15 is 0 Å². The Balaban J connectivity index is 1.60. The van der Waals surface area contributed by atoms with Crippen molar-refractivity contribution in [3.8, 4) is 0 Å². The van der Waals surface area contributed by atoms with Crippen molar-refractivity contribution in [1.82, 2.24) is 14.9 Å². The topological polar surface area (TPSA) is 125 Å². The highest BCUT2D eigenvalue weighted by atomic mass is 35.5. The standard InChI is InChI=1S/C33H36Cl2N4O5S/c1-19(21-12-15-23(16-13-21)37-20(2)40)36-32(41)30-24-8-4-5-9-25(24)33(42)39(31(30)26-17-14-22(34)18-27(26)35)29-11-7-6-10-28(29)38-45(3,43)44/h4-5,8-9,12-19,28-31,38H,6-7,10-11H2,1-3H3,(H,36,41)(H,37,40)/t19?,28-,29-,30+,31-/m0/s1. The van der Waals surface area contributed by atoms with Gasteiger partial charge in [-0.2, -0.15) is 0 Å². The van der Waals surface area contributed by atoms with Crippen molar-refractivity contribution in [1.29, 1.82) is 0 Å². The molecule has 3 amide bonds. The molecular formula is C33H36Cl2N4O5S. The van der Waals surface area contributed by atoms with Crippen LogP contribution in [0.15, 0.2) is 66.7 Å². The van der Waals surface area contributed by atoms with Crippen LogP contribution in [-0.4, -0.2) is 49.4 Å². The molecule has 1 heterocycles. The molecule has 0 aromatic heterocycles. The summed E-state index contributed by atoms with van der Waals surface area (Å²) in [6.07, 6.45) is 3.80. The van der Waals surface area contributed by atoms with Crippen LogP contribution in [0, 0.1) is 0 Å². The van der Waals surface area contributed by atoms with E-state index in [-0.39, 0.29) is 17.7 Å². The van der Waals surface area contributed by atoms with Gasteiger partial charge in [0.2, 0.25) is 21.8 Å². The first-order valence-electron chi connectivity index (χ1n) is 14.9. The van der Waals surface area contributed by atoms with Gasteiger partial charge in [0, 0.05) is 40.3 Å². The van der Waals surface area contributed by atoms with Crippen molar-refractivity contribution in [2.75, 3.05) is 11.6 Å². The van der Waals surface area contributed by atoms with E-state index in [1.54, 1.807) is 59.5 Å². The highest BCUT2D eigenvalue weighted by Crippen LogP contribution is 2.48. The van der Waals surface area contributed by atoms with Crippen molar-refractivity contribution >= 4 is 56.6 Å². The largest absolute Gasteiger partial charge is 0.349 e. The molecule has 0 spiro atoms. The predicted octanol–water partition coefficient (Wildman–Crippen LogP) is 5.97. The van der Waals surface area contributed by atoms with Gasteiger partial charge in [-0.15, -0.1) is 0 Å². The van der Waals surface area contributed by atoms with Gasteiger partial charge in [0.1, 0.15) is 0 Å². The zero-order valence-electron chi connectivity index (χ0n) is 25.2. The summed E-state index contributed by atoms with van der Waals surface area (Å²) in [7, 11) is -3.59. The van der Waals surface area contributed by atoms with E-state index in [2.05, 4.69) is 15.4 Å². The Labute approximate surface area is 273 Å². The highest BCUT2D eigenvalue weighted by molar-refractivity contribution is 7.88. The lowest BCUT2D eigenvalue weighted by molar-refractivity contribution is -0.125. The van der Waals surface area contributed by atoms with E-state index in [0.717, 1.165) is 24.7 Å². The number of carbonyl (C=O) groups is 3. The van der Waals surface area contributed by atoms with E-state index in [0.29, 0.717) is 45.3 Å². The third kappa shape index (κ3) is 7.35. The van der Waals surface area contributed by atoms with Gasteiger partial charge in [0.15, 0.2) is 0 Å². The Morgan fingerprint density at radius 3 is 2.31 bits per heavy atom. The van der Waals surface area contributed by atoms with Gasteiger partial charge in [-0.25, -0.2) is 13.1 Å². The van der Waals surface area contributed by atoms with Crippen LogP contribution >= 0.6 is 23.2 Å². The van der Waals surface area contributed by atoms with Crippen LogP contribution in [0.2, 0.25) is 10.0 Å². The Morgan fingerprint density at radius 2 is 1.64 bits per heavy atom. The molecule has 0 bridgehead atoms. The average molecular weight is 672 g/mol. The van der Waals surface area contributed by atoms with Crippen LogP contribution in [0.5, 0.6) is 0 Å². The van der Waals surface area contributed by atoms with Crippen molar-refractivity contribution in [2.24, 2.45) is 0 Å². The lowest BCUT2D eigenvalue weighted by Crippen LogP contribution is -2.59. The summed E-state index contributed by atoms with van der Waals surface area (Å²) in [4.78, 5) is 42.0. The van der Waals surface area contributed by atoms with Gasteiger partial charge in [-0.05, 0) is 66.8 Å². The van der Waals surface area contributed by atoms with Gasteiger partial charge in [0.05, 0.1) is 24.3 Å². The summed E-state index contributed by atoms with van der Waals surface area (Å²) in [5.41, 5.74) is 2.95. The molecule has 9 nitrogen and oxygen atoms in total. The van der Waals surface area contributed by atoms with Crippen molar-refractivity contribution in [2.45, 2.75) is 69.6 Å². The van der Waals surface area contributed by atoms with Gasteiger partial charge < -0.3 is 15.5 Å². The first kappa shape index (κ1) is 32.9. The second kappa shape index (κ2) is 13.5. The number of benzene rings is 3. The summed E-state index contributed by atoms with van der Waals surface area (Å²) in [5, 5.41) is 6.58. The minimum atomic E-state index is -3.59. The van der Waals surface area contributed by atoms with E-state index < -0.39 is 40.1 Å². The number of hydrogen-bond acceptors (Lipinski definition) is 5. The molecule has 3 aromatic rings. The molecule has 0 radical (unpaired) electrons. The molecule has 0 saturated heterocycles. The minimum Gasteiger partial charge on any atom is -0.349 e. The van der Waals surface area contributed by atoms with Crippen LogP contribution < -0.4 is 15.4 Å². The third-order valence-corrected chi connectivity index (χ3v) is 9.78. The van der Waals surface area contributed by atoms with E-state index in [1.165, 1.54) is 6.92 Å². The summed E-state index contributed by atoms with van der Waals surface area (Å²) >= 11 is 13.1. The lowest BCUT2D eigenvalue weighted by atomic mass is 9.76. The van der Waals surface area contributed by atoms with E-state index in [1.807, 2.05) is 19.1 Å². The molecule has 3 aromatic carbocycles. The maximum absolute atomic E-state index is 14.5. The van der Waals surface area contributed by atoms with Crippen molar-refractivity contribution in [3.05, 3.63) is 99.0 Å². The number of anilines is 1. The molecule has 1 unspecified atom stereocenters. The van der Waals surface area contributed by atoms with Crippen LogP contribution in [0.4, 0.5) is 5.69 Å². The van der Waals surface area contributed by atoms with Crippen molar-refractivity contribution < 1.29 is 22.8 Å². The molecule has 1 aliphatic heterocycles. The molecule has 1 saturated carbocycles. The van der Waals surface area contributed by atoms with Gasteiger partial charge in [-0.1, -0.05) is 72.4 Å². The number of fused-ring (bicyclic) bond motifs is 1. The third-order valence-electron chi connectivity index (χ3n) is 8.48. The van der Waals surface area contributed by atoms with Crippen molar-refractivity contribution in [3.63, 3.8) is 0 Å². The van der Waals surface area contributed by atoms with E-state index in [4.69, 9.17) is 23.2 Å². The molecule has 5 rings (SSSR count). The molecule has 5 atom stereocenters. The minimum absolute atomic E-state index is 0.182. The number of carbonyl (C=O) groups excluding carboxylic acids is 3. The fraction of sp³-hybridized carbons (Fsp3) is 0.364. The number of nitrogens with one attached hydrogen (secondary N) is 3. The molecule has 1 aliphatic carbocycles. The zero-order chi connectivity index (χ0) is 32.5. The molecular weight excluding hydrogens is 635 g/mol. The highest BCUT2D eigenvalue weighted by Gasteiger charge is 2.49. The Hall–Kier alpha value is -3.44. The van der Waals surface area contributed by atoms with Crippen LogP contribution in [0.25, 0.3) is 0 Å². The summed E-state index contributed by atoms with van der Waals surface area (Å²) in [6, 6.07) is 16.9. The van der Waals surface area contributed by atoms with Crippen LogP contribution in [0.1, 0.15) is 84.6 Å². The molecule has 2 aliphatic rings. The number of amides is 3. The first-order chi connectivity index (χ1) is 21.3. The zero-order valence-corrected chi connectivity index (χ0v) is 27.5. The second-order valence-electron chi connectivity index (χ2n) is 11.8. The number of sulfonamides is 1. The van der Waals surface area contributed by atoms with Gasteiger partial charge in [-0.3, -0.25) is 14.4 Å². The van der Waals surface area contributed by atoms with Gasteiger partial charge in [0.25, 0.3) is 5.91 Å². The lowest BCUT2D eigenvalue weighted by Gasteiger charge is -2.49. The summed E-state index contributed by atoms with van der Waals surface area (Å²) in [6.45, 7) is 3.29. The monoisotopic (exact) mass is 670 g/mol. The number of rotatable bonds is 8. The molecule has 238 valence electrons. The molecule has 3 N–H and O–H groups in total. The Morgan fingerprint density at radius 1 is 0.956 bits per heavy atom. The summed E-state index contributed by atoms with van der Waals surface area (Å²) < 4.78 is 27.6. The quantitative estimate of drug-likeness (QED) is 0.272. The smallest absolute Gasteiger partial charge is 0.255 e. The normalized spacial score (nSPS) is 22.3. The fourth-order valence-electron chi connectivity index (χ4n) is 6.57. The Bertz CT molecular complexity index is 1720. The fourth-order valence-corrected chi connectivity index (χ4v) is 7.92. The van der Waals surface area contributed by atoms with Crippen LogP contribution in [-0.2, 0) is 19.6 Å². The average Bonchev–Trinajstić information content (AvgIpc) is 2.97. The molecule has 45 heavy (non-hydrogen) atoms. The SMILES string of the molecule is CC(=O)Nc1ccc(C(C)NC(=O)[C@@H]2c3ccccc3C(=O)N([C@H]3CCCC[C@@H]3NS(C)(=O)=O)[C@H]2c2ccc(Cl)cc2Cl)cc1. The number of nitrogens with zero attached hydrogens (tertiary/aromatic N) is 1. The number of halogens is 2. The number of hydrogen-bond donors (Lipinski definition) is 3. The maximum Gasteiger partial charge on any atom is 0.255 e. The van der Waals surface area contributed by atoms with E-state index in [9.17, 15) is 22.8 Å². The first-order valence-corrected chi connectivity index (χ1v) is 17.5. The molecule has 12 heteroatoms. The predicted molar refractivity (Wildman–Crippen MR) is 176 cm³/mol. The molecule has 1 fully saturated rings.